The minimum absolute atomic E-state index is 0.456. The molecule has 0 aliphatic carbocycles. The highest BCUT2D eigenvalue weighted by atomic mass is 14.8. The molecule has 0 aliphatic rings. The monoisotopic (exact) mass is 666 g/mol. The van der Waals surface area contributed by atoms with Gasteiger partial charge in [0, 0.05) is 68.8 Å². The highest BCUT2D eigenvalue weighted by Gasteiger charge is 2.22. The van der Waals surface area contributed by atoms with E-state index in [0.29, 0.717) is 45.3 Å². The zero-order valence-electron chi connectivity index (χ0n) is 27.5. The maximum Gasteiger partial charge on any atom is 0.102 e. The van der Waals surface area contributed by atoms with Crippen molar-refractivity contribution in [2.75, 3.05) is 0 Å². The third-order valence-corrected chi connectivity index (χ3v) is 9.31. The number of hydrogen-bond donors (Lipinski definition) is 2. The smallest absolute Gasteiger partial charge is 0.102 e. The van der Waals surface area contributed by atoms with Crippen LogP contribution < -0.4 is 0 Å². The molecule has 9 rings (SSSR count). The lowest BCUT2D eigenvalue weighted by Gasteiger charge is -2.14. The molecule has 0 unspecified atom stereocenters. The van der Waals surface area contributed by atoms with Gasteiger partial charge in [-0.05, 0) is 59.7 Å². The van der Waals surface area contributed by atoms with Crippen LogP contribution in [0.5, 0.6) is 0 Å². The first-order valence-corrected chi connectivity index (χ1v) is 16.7. The van der Waals surface area contributed by atoms with Gasteiger partial charge in [0.25, 0.3) is 0 Å². The summed E-state index contributed by atoms with van der Waals surface area (Å²) in [5.41, 5.74) is 11.5. The van der Waals surface area contributed by atoms with Crippen molar-refractivity contribution >= 4 is 21.8 Å². The van der Waals surface area contributed by atoms with E-state index in [1.54, 1.807) is 12.4 Å². The van der Waals surface area contributed by atoms with Crippen molar-refractivity contribution < 1.29 is 0 Å². The average molecular weight is 667 g/mol. The van der Waals surface area contributed by atoms with Crippen LogP contribution in [0, 0.1) is 22.7 Å². The van der Waals surface area contributed by atoms with Crippen LogP contribution in [-0.4, -0.2) is 29.9 Å². The lowest BCUT2D eigenvalue weighted by molar-refractivity contribution is 1.24. The zero-order chi connectivity index (χ0) is 35.0. The SMILES string of the molecule is N#Cc1c(-c2ccc(-c3cc(-c4ccccn4)nc(-c4c[nH]c5ccccc45)c3C#N)cc2)cc(-c2ccccn2)nc1-c1c[nH]c2ccccc12. The number of aromatic nitrogens is 6. The normalized spacial score (nSPS) is 11.0. The van der Waals surface area contributed by atoms with E-state index in [1.807, 2.05) is 134 Å². The number of para-hydroxylation sites is 2. The van der Waals surface area contributed by atoms with Crippen LogP contribution in [0.1, 0.15) is 11.1 Å². The van der Waals surface area contributed by atoms with Gasteiger partial charge < -0.3 is 9.97 Å². The molecule has 8 nitrogen and oxygen atoms in total. The average Bonchev–Trinajstić information content (AvgIpc) is 3.85. The Morgan fingerprint density at radius 2 is 0.865 bits per heavy atom. The molecule has 8 heteroatoms. The Balaban J connectivity index is 1.23. The highest BCUT2D eigenvalue weighted by Crippen LogP contribution is 2.40. The van der Waals surface area contributed by atoms with E-state index in [9.17, 15) is 10.5 Å². The first-order chi connectivity index (χ1) is 25.7. The summed E-state index contributed by atoms with van der Waals surface area (Å²) in [6.45, 7) is 0. The quantitative estimate of drug-likeness (QED) is 0.182. The van der Waals surface area contributed by atoms with Gasteiger partial charge in [0.1, 0.15) is 12.1 Å². The lowest BCUT2D eigenvalue weighted by atomic mass is 9.91. The number of nitrogens with zero attached hydrogens (tertiary/aromatic N) is 6. The predicted molar refractivity (Wildman–Crippen MR) is 203 cm³/mol. The van der Waals surface area contributed by atoms with Crippen molar-refractivity contribution in [3.63, 3.8) is 0 Å². The molecule has 6 heterocycles. The number of benzene rings is 3. The van der Waals surface area contributed by atoms with E-state index in [-0.39, 0.29) is 0 Å². The minimum atomic E-state index is 0.456. The second kappa shape index (κ2) is 12.6. The van der Waals surface area contributed by atoms with Gasteiger partial charge in [-0.2, -0.15) is 10.5 Å². The molecular formula is C44H26N8. The fourth-order valence-electron chi connectivity index (χ4n) is 6.82. The maximum atomic E-state index is 10.7. The highest BCUT2D eigenvalue weighted by molar-refractivity contribution is 5.99. The zero-order valence-corrected chi connectivity index (χ0v) is 27.5. The number of fused-ring (bicyclic) bond motifs is 2. The molecular weight excluding hydrogens is 641 g/mol. The fourth-order valence-corrected chi connectivity index (χ4v) is 6.82. The molecule has 0 spiro atoms. The van der Waals surface area contributed by atoms with Gasteiger partial charge in [0.05, 0.1) is 45.3 Å². The van der Waals surface area contributed by atoms with Gasteiger partial charge in [-0.15, -0.1) is 0 Å². The van der Waals surface area contributed by atoms with Gasteiger partial charge in [0.2, 0.25) is 0 Å². The summed E-state index contributed by atoms with van der Waals surface area (Å²) in [5.74, 6) is 0. The molecule has 2 N–H and O–H groups in total. The first kappa shape index (κ1) is 30.4. The van der Waals surface area contributed by atoms with Gasteiger partial charge in [-0.3, -0.25) is 9.97 Å². The van der Waals surface area contributed by atoms with Gasteiger partial charge in [-0.25, -0.2) is 9.97 Å². The number of aromatic amines is 2. The first-order valence-electron chi connectivity index (χ1n) is 16.7. The topological polar surface area (TPSA) is 131 Å². The molecule has 9 aromatic rings. The Bertz CT molecular complexity index is 2660. The summed E-state index contributed by atoms with van der Waals surface area (Å²) >= 11 is 0. The molecule has 52 heavy (non-hydrogen) atoms. The van der Waals surface area contributed by atoms with Crippen LogP contribution in [0.4, 0.5) is 0 Å². The summed E-state index contributed by atoms with van der Waals surface area (Å²) in [7, 11) is 0. The van der Waals surface area contributed by atoms with Crippen LogP contribution in [0.2, 0.25) is 0 Å². The molecule has 0 atom stereocenters. The summed E-state index contributed by atoms with van der Waals surface area (Å²) in [5, 5.41) is 23.3. The van der Waals surface area contributed by atoms with Gasteiger partial charge >= 0.3 is 0 Å². The molecule has 0 saturated heterocycles. The Morgan fingerprint density at radius 1 is 0.442 bits per heavy atom. The van der Waals surface area contributed by atoms with Gasteiger partial charge in [-0.1, -0.05) is 72.8 Å². The third-order valence-electron chi connectivity index (χ3n) is 9.31. The van der Waals surface area contributed by atoms with Crippen LogP contribution in [0.3, 0.4) is 0 Å². The van der Waals surface area contributed by atoms with E-state index in [0.717, 1.165) is 55.2 Å². The number of nitriles is 2. The maximum absolute atomic E-state index is 10.7. The van der Waals surface area contributed by atoms with E-state index >= 15 is 0 Å². The van der Waals surface area contributed by atoms with Crippen LogP contribution in [-0.2, 0) is 0 Å². The molecule has 242 valence electrons. The lowest BCUT2D eigenvalue weighted by Crippen LogP contribution is -1.98. The van der Waals surface area contributed by atoms with Crippen molar-refractivity contribution in [1.82, 2.24) is 29.9 Å². The molecule has 0 amide bonds. The molecule has 0 saturated carbocycles. The van der Waals surface area contributed by atoms with Crippen molar-refractivity contribution in [2.24, 2.45) is 0 Å². The summed E-state index contributed by atoms with van der Waals surface area (Å²) in [4.78, 5) is 25.9. The third kappa shape index (κ3) is 5.16. The van der Waals surface area contributed by atoms with E-state index in [4.69, 9.17) is 9.97 Å². The standard InChI is InChI=1S/C44H26N8/c45-23-33-31(21-41(39-13-5-7-19-47-39)51-43(33)35-25-49-37-11-3-1-9-29(35)37)27-15-17-28(18-16-27)32-22-42(40-14-6-8-20-48-40)52-44(34(32)24-46)36-26-50-38-12-4-2-10-30(36)38/h1-22,25-26,49-50H. The van der Waals surface area contributed by atoms with E-state index in [1.165, 1.54) is 0 Å². The van der Waals surface area contributed by atoms with Crippen molar-refractivity contribution in [2.45, 2.75) is 0 Å². The molecule has 3 aromatic carbocycles. The number of nitrogens with one attached hydrogen (secondary N) is 2. The Morgan fingerprint density at radius 3 is 1.27 bits per heavy atom. The summed E-state index contributed by atoms with van der Waals surface area (Å²) < 4.78 is 0. The Labute approximate surface area is 298 Å². The minimum Gasteiger partial charge on any atom is -0.360 e. The van der Waals surface area contributed by atoms with Gasteiger partial charge in [0.15, 0.2) is 0 Å². The number of rotatable bonds is 6. The molecule has 0 fully saturated rings. The number of H-pyrrole nitrogens is 2. The van der Waals surface area contributed by atoms with Crippen LogP contribution in [0.25, 0.3) is 89.4 Å². The molecule has 0 radical (unpaired) electrons. The Hall–Kier alpha value is -7.68. The predicted octanol–water partition coefficient (Wildman–Crippen LogP) is 9.97. The van der Waals surface area contributed by atoms with Crippen molar-refractivity contribution in [1.29, 1.82) is 10.5 Å². The second-order valence-corrected chi connectivity index (χ2v) is 12.3. The van der Waals surface area contributed by atoms with E-state index < -0.39 is 0 Å². The summed E-state index contributed by atoms with van der Waals surface area (Å²) in [6.07, 6.45) is 7.28. The summed E-state index contributed by atoms with van der Waals surface area (Å²) in [6, 6.07) is 44.1. The second-order valence-electron chi connectivity index (χ2n) is 12.3. The molecule has 6 aromatic heterocycles. The largest absolute Gasteiger partial charge is 0.360 e. The van der Waals surface area contributed by atoms with E-state index in [2.05, 4.69) is 32.1 Å². The van der Waals surface area contributed by atoms with Crippen LogP contribution in [0.15, 0.2) is 146 Å². The van der Waals surface area contributed by atoms with Crippen molar-refractivity contribution in [3.8, 4) is 79.7 Å². The fraction of sp³-hybridized carbons (Fsp3) is 0. The van der Waals surface area contributed by atoms with Crippen LogP contribution >= 0.6 is 0 Å². The number of pyridine rings is 4. The number of hydrogen-bond acceptors (Lipinski definition) is 6. The molecule has 0 bridgehead atoms. The van der Waals surface area contributed by atoms with Crippen molar-refractivity contribution in [3.05, 3.63) is 157 Å². The Kier molecular flexibility index (Phi) is 7.39. The molecule has 0 aliphatic heterocycles.